The molecule has 0 heterocycles. The molecule has 3 aromatic rings. The normalized spacial score (nSPS) is 11.7. The smallest absolute Gasteiger partial charge is 0.305 e. The van der Waals surface area contributed by atoms with Crippen LogP contribution in [0, 0.1) is 6.92 Å². The summed E-state index contributed by atoms with van der Waals surface area (Å²) in [5, 5.41) is 30.5. The van der Waals surface area contributed by atoms with E-state index in [0.29, 0.717) is 55.8 Å². The second kappa shape index (κ2) is 20.6. The van der Waals surface area contributed by atoms with E-state index in [1.807, 2.05) is 64.1 Å². The van der Waals surface area contributed by atoms with E-state index in [4.69, 9.17) is 4.74 Å². The molecular weight excluding hydrogens is 709 g/mol. The van der Waals surface area contributed by atoms with Gasteiger partial charge in [0.25, 0.3) is 0 Å². The van der Waals surface area contributed by atoms with E-state index in [2.05, 4.69) is 71.8 Å². The van der Waals surface area contributed by atoms with Gasteiger partial charge in [-0.1, -0.05) is 119 Å². The van der Waals surface area contributed by atoms with Gasteiger partial charge in [0.15, 0.2) is 0 Å². The molecule has 0 aliphatic rings. The molecule has 9 nitrogen and oxygen atoms in total. The molecule has 56 heavy (non-hydrogen) atoms. The molecule has 0 amide bonds. The van der Waals surface area contributed by atoms with Crippen molar-refractivity contribution in [3.05, 3.63) is 87.0 Å². The Labute approximate surface area is 336 Å². The number of hydrogen-bond donors (Lipinski definition) is 3. The molecule has 0 fully saturated rings. The van der Waals surface area contributed by atoms with Crippen LogP contribution < -0.4 is 0 Å². The number of carbonyl (C=O) groups is 3. The standard InChI is InChI=1S/C18H28O3.C15H22O3.C14H20O3/c1-17(2,3)13-10-12(8-9-15(19)21-7)11-14(16(13)20)18(4,5)6;1-10-8-11(6-7-13(16)18-5)9-12(14(10)17)15(2,3)4;1-14(2,3)11-9-10(5-7-12(11)15)6-8-13(16)17-4/h10-11,20H,8-9H2,1-7H3;8-9,17H,6-7H2,1-5H3;5,7,9,15H,6,8H2,1-4H3. The number of rotatable bonds is 9. The van der Waals surface area contributed by atoms with Gasteiger partial charge in [0.1, 0.15) is 17.2 Å². The number of methoxy groups -OCH3 is 3. The van der Waals surface area contributed by atoms with Crippen molar-refractivity contribution in [2.45, 2.75) is 150 Å². The molecule has 312 valence electrons. The Morgan fingerprint density at radius 2 is 0.768 bits per heavy atom. The first-order valence-electron chi connectivity index (χ1n) is 19.3. The van der Waals surface area contributed by atoms with E-state index in [1.165, 1.54) is 21.3 Å². The Balaban J connectivity index is 0.000000423. The van der Waals surface area contributed by atoms with E-state index in [0.717, 1.165) is 44.5 Å². The van der Waals surface area contributed by atoms with Gasteiger partial charge in [-0.15, -0.1) is 0 Å². The molecular formula is C47H70O9. The van der Waals surface area contributed by atoms with Gasteiger partial charge in [-0.2, -0.15) is 0 Å². The molecule has 9 heteroatoms. The van der Waals surface area contributed by atoms with E-state index < -0.39 is 0 Å². The third-order valence-corrected chi connectivity index (χ3v) is 9.36. The van der Waals surface area contributed by atoms with Crippen molar-refractivity contribution in [3.63, 3.8) is 0 Å². The van der Waals surface area contributed by atoms with Crippen LogP contribution in [-0.2, 0) is 69.5 Å². The zero-order valence-corrected chi connectivity index (χ0v) is 37.1. The molecule has 0 saturated carbocycles. The van der Waals surface area contributed by atoms with Gasteiger partial charge in [0.2, 0.25) is 0 Å². The van der Waals surface area contributed by atoms with E-state index >= 15 is 0 Å². The minimum absolute atomic E-state index is 0.106. The molecule has 0 aliphatic carbocycles. The maximum absolute atomic E-state index is 11.3. The second-order valence-corrected chi connectivity index (χ2v) is 18.4. The van der Waals surface area contributed by atoms with E-state index in [9.17, 15) is 29.7 Å². The lowest BCUT2D eigenvalue weighted by Gasteiger charge is -2.28. The lowest BCUT2D eigenvalue weighted by atomic mass is 9.78. The van der Waals surface area contributed by atoms with Gasteiger partial charge in [0, 0.05) is 19.3 Å². The zero-order chi connectivity index (χ0) is 43.4. The summed E-state index contributed by atoms with van der Waals surface area (Å²) in [7, 11) is 4.19. The van der Waals surface area contributed by atoms with Gasteiger partial charge >= 0.3 is 17.9 Å². The van der Waals surface area contributed by atoms with Crippen LogP contribution in [0.4, 0.5) is 0 Å². The highest BCUT2D eigenvalue weighted by atomic mass is 16.5. The highest BCUT2D eigenvalue weighted by Gasteiger charge is 2.27. The maximum atomic E-state index is 11.3. The first kappa shape index (κ1) is 49.5. The zero-order valence-electron chi connectivity index (χ0n) is 37.1. The first-order valence-corrected chi connectivity index (χ1v) is 19.3. The predicted octanol–water partition coefficient (Wildman–Crippen LogP) is 9.99. The van der Waals surface area contributed by atoms with E-state index in [-0.39, 0.29) is 39.6 Å². The maximum Gasteiger partial charge on any atom is 0.305 e. The van der Waals surface area contributed by atoms with Crippen LogP contribution in [0.3, 0.4) is 0 Å². The Morgan fingerprint density at radius 1 is 0.464 bits per heavy atom. The Morgan fingerprint density at radius 3 is 1.11 bits per heavy atom. The summed E-state index contributed by atoms with van der Waals surface area (Å²) in [5.74, 6) is 0.395. The SMILES string of the molecule is COC(=O)CCc1cc(C(C)(C)C)c(O)c(C(C)(C)C)c1.COC(=O)CCc1cc(C)c(O)c(C(C)(C)C)c1.COC(=O)CCc1ccc(O)c(C(C)(C)C)c1. The molecule has 0 aromatic heterocycles. The van der Waals surface area contributed by atoms with Gasteiger partial charge in [-0.05, 0) is 98.4 Å². The number of carbonyl (C=O) groups excluding carboxylic acids is 3. The molecule has 0 aliphatic heterocycles. The van der Waals surface area contributed by atoms with Crippen molar-refractivity contribution in [1.82, 2.24) is 0 Å². The Bertz CT molecular complexity index is 1740. The summed E-state index contributed by atoms with van der Waals surface area (Å²) in [6.45, 7) is 26.7. The fourth-order valence-corrected chi connectivity index (χ4v) is 5.94. The average molecular weight is 779 g/mol. The quantitative estimate of drug-likeness (QED) is 0.143. The van der Waals surface area contributed by atoms with Crippen molar-refractivity contribution in [2.24, 2.45) is 0 Å². The summed E-state index contributed by atoms with van der Waals surface area (Å²) < 4.78 is 13.9. The fourth-order valence-electron chi connectivity index (χ4n) is 5.94. The molecule has 0 saturated heterocycles. The highest BCUT2D eigenvalue weighted by molar-refractivity contribution is 5.70. The van der Waals surface area contributed by atoms with Crippen molar-refractivity contribution < 1.29 is 43.9 Å². The number of phenolic OH excluding ortho intramolecular Hbond substituents is 3. The molecule has 0 unspecified atom stereocenters. The number of phenols is 3. The van der Waals surface area contributed by atoms with Crippen LogP contribution in [-0.4, -0.2) is 54.6 Å². The summed E-state index contributed by atoms with van der Waals surface area (Å²) in [6.07, 6.45) is 2.98. The topological polar surface area (TPSA) is 140 Å². The lowest BCUT2D eigenvalue weighted by Crippen LogP contribution is -2.18. The molecule has 0 atom stereocenters. The van der Waals surface area contributed by atoms with Gasteiger partial charge in [0.05, 0.1) is 21.3 Å². The third kappa shape index (κ3) is 15.9. The average Bonchev–Trinajstić information content (AvgIpc) is 3.09. The highest BCUT2D eigenvalue weighted by Crippen LogP contribution is 2.40. The first-order chi connectivity index (χ1) is 25.6. The van der Waals surface area contributed by atoms with Crippen LogP contribution in [0.1, 0.15) is 147 Å². The van der Waals surface area contributed by atoms with E-state index in [1.54, 1.807) is 6.07 Å². The largest absolute Gasteiger partial charge is 0.508 e. The minimum Gasteiger partial charge on any atom is -0.508 e. The third-order valence-electron chi connectivity index (χ3n) is 9.36. The van der Waals surface area contributed by atoms with Crippen molar-refractivity contribution in [1.29, 1.82) is 0 Å². The van der Waals surface area contributed by atoms with Crippen LogP contribution in [0.25, 0.3) is 0 Å². The van der Waals surface area contributed by atoms with Crippen molar-refractivity contribution in [3.8, 4) is 17.2 Å². The predicted molar refractivity (Wildman–Crippen MR) is 225 cm³/mol. The molecule has 0 radical (unpaired) electrons. The molecule has 3 aromatic carbocycles. The monoisotopic (exact) mass is 779 g/mol. The van der Waals surface area contributed by atoms with Crippen molar-refractivity contribution in [2.75, 3.05) is 21.3 Å². The summed E-state index contributed by atoms with van der Waals surface area (Å²) >= 11 is 0. The number of hydrogen-bond acceptors (Lipinski definition) is 9. The number of esters is 3. The van der Waals surface area contributed by atoms with Crippen LogP contribution >= 0.6 is 0 Å². The lowest BCUT2D eigenvalue weighted by molar-refractivity contribution is -0.141. The Kier molecular flexibility index (Phi) is 18.2. The molecule has 3 N–H and O–H groups in total. The van der Waals surface area contributed by atoms with Crippen LogP contribution in [0.5, 0.6) is 17.2 Å². The summed E-state index contributed by atoms with van der Waals surface area (Å²) in [5.41, 5.74) is 7.17. The van der Waals surface area contributed by atoms with Crippen LogP contribution in [0.2, 0.25) is 0 Å². The number of ether oxygens (including phenoxy) is 3. The number of benzene rings is 3. The second-order valence-electron chi connectivity index (χ2n) is 18.4. The van der Waals surface area contributed by atoms with Crippen LogP contribution in [0.15, 0.2) is 42.5 Å². The summed E-state index contributed by atoms with van der Waals surface area (Å²) in [4.78, 5) is 33.6. The number of aryl methyl sites for hydroxylation is 4. The fraction of sp³-hybridized carbons (Fsp3) is 0.553. The molecule has 3 rings (SSSR count). The molecule has 0 bridgehead atoms. The van der Waals surface area contributed by atoms with Crippen molar-refractivity contribution >= 4 is 17.9 Å². The Hall–Kier alpha value is -4.53. The molecule has 0 spiro atoms. The number of aromatic hydroxyl groups is 3. The minimum atomic E-state index is -0.213. The van der Waals surface area contributed by atoms with Gasteiger partial charge in [-0.25, -0.2) is 0 Å². The van der Waals surface area contributed by atoms with Gasteiger partial charge in [-0.3, -0.25) is 14.4 Å². The van der Waals surface area contributed by atoms with Gasteiger partial charge < -0.3 is 29.5 Å². The summed E-state index contributed by atoms with van der Waals surface area (Å²) in [6, 6.07) is 13.4.